The molecule has 3 aromatic rings. The highest BCUT2D eigenvalue weighted by atomic mass is 32.2. The predicted octanol–water partition coefficient (Wildman–Crippen LogP) is 4.22. The molecule has 0 fully saturated rings. The molecular formula is C22H23N3O2S. The van der Waals surface area contributed by atoms with Gasteiger partial charge in [-0.1, -0.05) is 48.5 Å². The molecule has 6 heteroatoms. The quantitative estimate of drug-likeness (QED) is 0.637. The Hall–Kier alpha value is -2.86. The van der Waals surface area contributed by atoms with E-state index < -0.39 is 0 Å². The first-order valence-corrected chi connectivity index (χ1v) is 10.1. The maximum Gasteiger partial charge on any atom is 0.271 e. The molecule has 2 aromatic carbocycles. The largest absolute Gasteiger partial charge is 0.325 e. The number of aromatic nitrogens is 2. The average molecular weight is 394 g/mol. The Kier molecular flexibility index (Phi) is 6.31. The lowest BCUT2D eigenvalue weighted by atomic mass is 10.1. The van der Waals surface area contributed by atoms with Crippen molar-refractivity contribution < 1.29 is 4.79 Å². The molecule has 1 N–H and O–H groups in total. The maximum absolute atomic E-state index is 12.5. The van der Waals surface area contributed by atoms with Crippen LogP contribution >= 0.6 is 11.8 Å². The van der Waals surface area contributed by atoms with Crippen LogP contribution in [0.5, 0.6) is 0 Å². The first-order valence-electron chi connectivity index (χ1n) is 9.20. The van der Waals surface area contributed by atoms with E-state index in [0.717, 1.165) is 17.7 Å². The lowest BCUT2D eigenvalue weighted by Gasteiger charge is -2.13. The van der Waals surface area contributed by atoms with Gasteiger partial charge in [-0.25, -0.2) is 0 Å². The van der Waals surface area contributed by atoms with Gasteiger partial charge < -0.3 is 5.32 Å². The summed E-state index contributed by atoms with van der Waals surface area (Å²) in [4.78, 5) is 24.7. The number of anilines is 1. The topological polar surface area (TPSA) is 64.0 Å². The smallest absolute Gasteiger partial charge is 0.271 e. The molecule has 144 valence electrons. The summed E-state index contributed by atoms with van der Waals surface area (Å²) in [6.07, 6.45) is 0.915. The third-order valence-electron chi connectivity index (χ3n) is 4.32. The SMILES string of the molecule is CCc1cccc(NC(=O)C(C)Sc2ccc(=O)n(-c3ccc(C)cc3)n2)c1. The normalized spacial score (nSPS) is 11.8. The molecule has 1 unspecified atom stereocenters. The summed E-state index contributed by atoms with van der Waals surface area (Å²) in [6, 6.07) is 18.5. The molecule has 3 rings (SSSR count). The molecule has 0 saturated heterocycles. The number of aryl methyl sites for hydroxylation is 2. The van der Waals surface area contributed by atoms with Crippen molar-refractivity contribution in [1.82, 2.24) is 9.78 Å². The second-order valence-electron chi connectivity index (χ2n) is 6.56. The van der Waals surface area contributed by atoms with Crippen LogP contribution in [0.3, 0.4) is 0 Å². The van der Waals surface area contributed by atoms with Crippen molar-refractivity contribution >= 4 is 23.4 Å². The zero-order chi connectivity index (χ0) is 20.1. The summed E-state index contributed by atoms with van der Waals surface area (Å²) >= 11 is 1.32. The lowest BCUT2D eigenvalue weighted by Crippen LogP contribution is -2.24. The van der Waals surface area contributed by atoms with Gasteiger partial charge in [0, 0.05) is 11.8 Å². The number of carbonyl (C=O) groups is 1. The minimum Gasteiger partial charge on any atom is -0.325 e. The van der Waals surface area contributed by atoms with Crippen LogP contribution in [0.2, 0.25) is 0 Å². The Balaban J connectivity index is 1.73. The fourth-order valence-electron chi connectivity index (χ4n) is 2.68. The molecule has 0 spiro atoms. The van der Waals surface area contributed by atoms with Crippen molar-refractivity contribution in [2.75, 3.05) is 5.32 Å². The lowest BCUT2D eigenvalue weighted by molar-refractivity contribution is -0.115. The molecule has 0 saturated carbocycles. The van der Waals surface area contributed by atoms with Crippen LogP contribution in [-0.2, 0) is 11.2 Å². The Bertz CT molecular complexity index is 1030. The number of amides is 1. The molecular weight excluding hydrogens is 370 g/mol. The molecule has 0 bridgehead atoms. The highest BCUT2D eigenvalue weighted by Crippen LogP contribution is 2.22. The number of benzene rings is 2. The number of carbonyl (C=O) groups excluding carboxylic acids is 1. The number of rotatable bonds is 6. The van der Waals surface area contributed by atoms with Gasteiger partial charge in [0.15, 0.2) is 0 Å². The van der Waals surface area contributed by atoms with Crippen LogP contribution in [0.15, 0.2) is 70.5 Å². The number of hydrogen-bond donors (Lipinski definition) is 1. The van der Waals surface area contributed by atoms with E-state index in [0.29, 0.717) is 10.7 Å². The van der Waals surface area contributed by atoms with Gasteiger partial charge in [0.1, 0.15) is 5.03 Å². The third-order valence-corrected chi connectivity index (χ3v) is 5.35. The van der Waals surface area contributed by atoms with E-state index in [1.54, 1.807) is 6.07 Å². The molecule has 1 heterocycles. The fraction of sp³-hybridized carbons (Fsp3) is 0.227. The van der Waals surface area contributed by atoms with Crippen molar-refractivity contribution in [2.45, 2.75) is 37.5 Å². The highest BCUT2D eigenvalue weighted by molar-refractivity contribution is 8.00. The minimum atomic E-state index is -0.359. The number of thioether (sulfide) groups is 1. The Labute approximate surface area is 168 Å². The maximum atomic E-state index is 12.5. The van der Waals surface area contributed by atoms with Crippen molar-refractivity contribution in [3.63, 3.8) is 0 Å². The van der Waals surface area contributed by atoms with E-state index in [9.17, 15) is 9.59 Å². The first kappa shape index (κ1) is 19.9. The predicted molar refractivity (Wildman–Crippen MR) is 114 cm³/mol. The average Bonchev–Trinajstić information content (AvgIpc) is 2.70. The summed E-state index contributed by atoms with van der Waals surface area (Å²) < 4.78 is 1.36. The van der Waals surface area contributed by atoms with E-state index in [4.69, 9.17) is 0 Å². The van der Waals surface area contributed by atoms with Gasteiger partial charge in [0.25, 0.3) is 5.56 Å². The summed E-state index contributed by atoms with van der Waals surface area (Å²) in [7, 11) is 0. The molecule has 5 nitrogen and oxygen atoms in total. The number of hydrogen-bond acceptors (Lipinski definition) is 4. The number of nitrogens with zero attached hydrogens (tertiary/aromatic N) is 2. The van der Waals surface area contributed by atoms with Gasteiger partial charge in [-0.2, -0.15) is 9.78 Å². The van der Waals surface area contributed by atoms with Gasteiger partial charge in [0.2, 0.25) is 5.91 Å². The van der Waals surface area contributed by atoms with E-state index >= 15 is 0 Å². The van der Waals surface area contributed by atoms with E-state index in [2.05, 4.69) is 17.3 Å². The molecule has 1 amide bonds. The molecule has 28 heavy (non-hydrogen) atoms. The first-order chi connectivity index (χ1) is 13.5. The van der Waals surface area contributed by atoms with Crippen LogP contribution < -0.4 is 10.9 Å². The standard InChI is InChI=1S/C22H23N3O2S/c1-4-17-6-5-7-18(14-17)23-22(27)16(3)28-20-12-13-21(26)25(24-20)19-10-8-15(2)9-11-19/h5-14,16H,4H2,1-3H3,(H,23,27). The zero-order valence-corrected chi connectivity index (χ0v) is 17.0. The van der Waals surface area contributed by atoms with Crippen LogP contribution in [-0.4, -0.2) is 20.9 Å². The second-order valence-corrected chi connectivity index (χ2v) is 7.92. The van der Waals surface area contributed by atoms with E-state index in [-0.39, 0.29) is 16.7 Å². The molecule has 0 aliphatic rings. The van der Waals surface area contributed by atoms with Gasteiger partial charge in [0.05, 0.1) is 10.9 Å². The third kappa shape index (κ3) is 4.89. The number of nitrogens with one attached hydrogen (secondary N) is 1. The Morgan fingerprint density at radius 2 is 1.89 bits per heavy atom. The van der Waals surface area contributed by atoms with Gasteiger partial charge >= 0.3 is 0 Å². The Morgan fingerprint density at radius 1 is 1.14 bits per heavy atom. The zero-order valence-electron chi connectivity index (χ0n) is 16.2. The summed E-state index contributed by atoms with van der Waals surface area (Å²) in [5.41, 5.74) is 3.56. The molecule has 0 aliphatic heterocycles. The van der Waals surface area contributed by atoms with Gasteiger partial charge in [-0.05, 0) is 56.2 Å². The van der Waals surface area contributed by atoms with E-state index in [1.807, 2.05) is 62.4 Å². The van der Waals surface area contributed by atoms with Crippen LogP contribution in [0.25, 0.3) is 5.69 Å². The van der Waals surface area contributed by atoms with Gasteiger partial charge in [-0.15, -0.1) is 0 Å². The highest BCUT2D eigenvalue weighted by Gasteiger charge is 2.16. The summed E-state index contributed by atoms with van der Waals surface area (Å²) in [5.74, 6) is -0.104. The molecule has 0 radical (unpaired) electrons. The van der Waals surface area contributed by atoms with Crippen LogP contribution in [0, 0.1) is 6.92 Å². The summed E-state index contributed by atoms with van der Waals surface area (Å²) in [5, 5.41) is 7.62. The van der Waals surface area contributed by atoms with Crippen molar-refractivity contribution in [1.29, 1.82) is 0 Å². The van der Waals surface area contributed by atoms with E-state index in [1.165, 1.54) is 28.1 Å². The van der Waals surface area contributed by atoms with Gasteiger partial charge in [-0.3, -0.25) is 9.59 Å². The minimum absolute atomic E-state index is 0.104. The molecule has 0 aliphatic carbocycles. The van der Waals surface area contributed by atoms with Crippen LogP contribution in [0.1, 0.15) is 25.0 Å². The second kappa shape index (κ2) is 8.89. The molecule has 1 aromatic heterocycles. The Morgan fingerprint density at radius 3 is 2.61 bits per heavy atom. The molecule has 1 atom stereocenters. The fourth-order valence-corrected chi connectivity index (χ4v) is 3.48. The van der Waals surface area contributed by atoms with Crippen molar-refractivity contribution in [2.24, 2.45) is 0 Å². The monoisotopic (exact) mass is 393 g/mol. The van der Waals surface area contributed by atoms with Crippen molar-refractivity contribution in [3.05, 3.63) is 82.1 Å². The summed E-state index contributed by atoms with van der Waals surface area (Å²) in [6.45, 7) is 5.89. The van der Waals surface area contributed by atoms with Crippen molar-refractivity contribution in [3.8, 4) is 5.69 Å². The van der Waals surface area contributed by atoms with Crippen LogP contribution in [0.4, 0.5) is 5.69 Å².